The molecule has 1 amide bonds. The van der Waals surface area contributed by atoms with E-state index in [4.69, 9.17) is 4.74 Å². The molecule has 0 bridgehead atoms. The fourth-order valence-corrected chi connectivity index (χ4v) is 4.45. The molecular formula is C28H31N5O2. The lowest BCUT2D eigenvalue weighted by molar-refractivity contribution is -0.141. The quantitative estimate of drug-likeness (QED) is 0.547. The summed E-state index contributed by atoms with van der Waals surface area (Å²) in [5.74, 6) is 0.948. The molecule has 5 rings (SSSR count). The number of fused-ring (bicyclic) bond motifs is 1. The molecule has 0 aliphatic carbocycles. The summed E-state index contributed by atoms with van der Waals surface area (Å²) in [4.78, 5) is 29.8. The molecule has 2 aliphatic rings. The number of hydrogen-bond donors (Lipinski definition) is 0. The molecular weight excluding hydrogens is 438 g/mol. The molecule has 180 valence electrons. The van der Waals surface area contributed by atoms with Crippen LogP contribution in [0.25, 0.3) is 16.3 Å². The van der Waals surface area contributed by atoms with Crippen LogP contribution in [0.5, 0.6) is 11.8 Å². The van der Waals surface area contributed by atoms with E-state index >= 15 is 0 Å². The lowest BCUT2D eigenvalue weighted by atomic mass is 9.94. The van der Waals surface area contributed by atoms with E-state index in [0.717, 1.165) is 49.2 Å². The van der Waals surface area contributed by atoms with Crippen LogP contribution in [-0.2, 0) is 11.3 Å². The third-order valence-electron chi connectivity index (χ3n) is 6.43. The molecule has 0 saturated carbocycles. The van der Waals surface area contributed by atoms with Gasteiger partial charge in [-0.2, -0.15) is 0 Å². The molecule has 3 heterocycles. The first-order valence-corrected chi connectivity index (χ1v) is 12.1. The number of rotatable bonds is 5. The highest BCUT2D eigenvalue weighted by Gasteiger charge is 2.29. The number of allylic oxidation sites excluding steroid dienone is 1. The van der Waals surface area contributed by atoms with Crippen LogP contribution in [0.1, 0.15) is 31.9 Å². The second-order valence-electron chi connectivity index (χ2n) is 10.2. The number of ether oxygens (including phenoxy) is 1. The van der Waals surface area contributed by atoms with E-state index in [0.29, 0.717) is 18.3 Å². The number of carbonyl (C=O) groups is 1. The van der Waals surface area contributed by atoms with Crippen molar-refractivity contribution in [3.05, 3.63) is 66.0 Å². The summed E-state index contributed by atoms with van der Waals surface area (Å²) >= 11 is 0. The summed E-state index contributed by atoms with van der Waals surface area (Å²) in [7, 11) is 0. The Bertz CT molecular complexity index is 1280. The van der Waals surface area contributed by atoms with Crippen LogP contribution < -0.4 is 4.74 Å². The largest absolute Gasteiger partial charge is 0.424 e. The summed E-state index contributed by atoms with van der Waals surface area (Å²) < 4.78 is 5.90. The average Bonchev–Trinajstić information content (AvgIpc) is 3.39. The molecule has 0 atom stereocenters. The Labute approximate surface area is 206 Å². The number of hydrogen-bond acceptors (Lipinski definition) is 6. The zero-order chi connectivity index (χ0) is 24.4. The predicted octanol–water partition coefficient (Wildman–Crippen LogP) is 4.58. The van der Waals surface area contributed by atoms with Crippen molar-refractivity contribution < 1.29 is 9.53 Å². The van der Waals surface area contributed by atoms with Crippen LogP contribution in [0.4, 0.5) is 0 Å². The highest BCUT2D eigenvalue weighted by Crippen LogP contribution is 2.26. The molecule has 1 saturated heterocycles. The predicted molar refractivity (Wildman–Crippen MR) is 139 cm³/mol. The van der Waals surface area contributed by atoms with Crippen molar-refractivity contribution in [2.45, 2.75) is 27.3 Å². The van der Waals surface area contributed by atoms with Gasteiger partial charge in [0.25, 0.3) is 0 Å². The van der Waals surface area contributed by atoms with Gasteiger partial charge in [0.2, 0.25) is 5.91 Å². The van der Waals surface area contributed by atoms with Gasteiger partial charge in [-0.15, -0.1) is 0 Å². The zero-order valence-electron chi connectivity index (χ0n) is 20.6. The van der Waals surface area contributed by atoms with Gasteiger partial charge in [0.05, 0.1) is 6.54 Å². The van der Waals surface area contributed by atoms with Crippen molar-refractivity contribution in [2.75, 3.05) is 32.7 Å². The molecule has 3 aromatic rings. The third kappa shape index (κ3) is 5.41. The molecule has 0 unspecified atom stereocenters. The van der Waals surface area contributed by atoms with Gasteiger partial charge >= 0.3 is 6.01 Å². The Hall–Kier alpha value is -3.58. The van der Waals surface area contributed by atoms with Crippen LogP contribution in [0.2, 0.25) is 0 Å². The van der Waals surface area contributed by atoms with E-state index < -0.39 is 0 Å². The number of aliphatic imine (C=N–C) groups is 1. The normalized spacial score (nSPS) is 16.5. The minimum atomic E-state index is -0.318. The van der Waals surface area contributed by atoms with Gasteiger partial charge in [-0.1, -0.05) is 39.0 Å². The minimum Gasteiger partial charge on any atom is -0.424 e. The molecule has 2 aliphatic heterocycles. The maximum Gasteiger partial charge on any atom is 0.321 e. The average molecular weight is 470 g/mol. The Morgan fingerprint density at radius 1 is 0.971 bits per heavy atom. The molecule has 1 fully saturated rings. The number of carbonyl (C=O) groups excluding carboxylic acids is 1. The number of amides is 1. The summed E-state index contributed by atoms with van der Waals surface area (Å²) in [5.41, 5.74) is 3.02. The maximum absolute atomic E-state index is 12.5. The van der Waals surface area contributed by atoms with Gasteiger partial charge in [-0.05, 0) is 46.2 Å². The first-order valence-electron chi connectivity index (χ1n) is 12.1. The second-order valence-corrected chi connectivity index (χ2v) is 10.2. The highest BCUT2D eigenvalue weighted by molar-refractivity contribution is 5.89. The molecule has 0 N–H and O–H groups in total. The smallest absolute Gasteiger partial charge is 0.321 e. The van der Waals surface area contributed by atoms with Gasteiger partial charge in [0, 0.05) is 62.3 Å². The van der Waals surface area contributed by atoms with Crippen molar-refractivity contribution in [1.82, 2.24) is 19.8 Å². The van der Waals surface area contributed by atoms with Gasteiger partial charge in [0.15, 0.2) is 0 Å². The molecule has 1 aromatic heterocycles. The number of nitrogens with zero attached hydrogens (tertiary/aromatic N) is 5. The Morgan fingerprint density at radius 3 is 2.37 bits per heavy atom. The van der Waals surface area contributed by atoms with Crippen LogP contribution >= 0.6 is 0 Å². The highest BCUT2D eigenvalue weighted by atomic mass is 16.5. The molecule has 0 radical (unpaired) electrons. The molecule has 2 aromatic carbocycles. The summed E-state index contributed by atoms with van der Waals surface area (Å²) in [6.45, 7) is 10.9. The molecule has 7 heteroatoms. The van der Waals surface area contributed by atoms with Crippen molar-refractivity contribution in [1.29, 1.82) is 0 Å². The van der Waals surface area contributed by atoms with Gasteiger partial charge in [0.1, 0.15) is 5.75 Å². The van der Waals surface area contributed by atoms with Crippen LogP contribution in [0.15, 0.2) is 59.9 Å². The number of benzene rings is 2. The molecule has 0 spiro atoms. The Morgan fingerprint density at radius 2 is 1.69 bits per heavy atom. The van der Waals surface area contributed by atoms with Gasteiger partial charge < -0.3 is 9.64 Å². The van der Waals surface area contributed by atoms with E-state index in [1.54, 1.807) is 18.6 Å². The van der Waals surface area contributed by atoms with Crippen molar-refractivity contribution in [2.24, 2.45) is 10.4 Å². The second kappa shape index (κ2) is 9.58. The SMILES string of the molecule is CC(C)(C)C(=O)N1CCN(Cc2ccc3cc(Oc4ncc(C5=CC=NC5)cn4)ccc3c2)CC1. The first-order chi connectivity index (χ1) is 16.8. The van der Waals surface area contributed by atoms with Crippen molar-refractivity contribution in [3.63, 3.8) is 0 Å². The Balaban J connectivity index is 1.20. The first kappa shape index (κ1) is 23.2. The van der Waals surface area contributed by atoms with Gasteiger partial charge in [-0.3, -0.25) is 14.7 Å². The maximum atomic E-state index is 12.5. The van der Waals surface area contributed by atoms with Crippen LogP contribution in [0.3, 0.4) is 0 Å². The Kier molecular flexibility index (Phi) is 6.34. The van der Waals surface area contributed by atoms with Crippen molar-refractivity contribution >= 4 is 28.5 Å². The van der Waals surface area contributed by atoms with Gasteiger partial charge in [-0.25, -0.2) is 9.97 Å². The van der Waals surface area contributed by atoms with E-state index in [1.165, 1.54) is 10.9 Å². The topological polar surface area (TPSA) is 70.9 Å². The molecule has 7 nitrogen and oxygen atoms in total. The van der Waals surface area contributed by atoms with Crippen molar-refractivity contribution in [3.8, 4) is 11.8 Å². The third-order valence-corrected chi connectivity index (χ3v) is 6.43. The monoisotopic (exact) mass is 469 g/mol. The van der Waals surface area contributed by atoms with Crippen LogP contribution in [0, 0.1) is 5.41 Å². The number of aromatic nitrogens is 2. The lowest BCUT2D eigenvalue weighted by Gasteiger charge is -2.37. The number of piperazine rings is 1. The summed E-state index contributed by atoms with van der Waals surface area (Å²) in [5, 5.41) is 2.28. The lowest BCUT2D eigenvalue weighted by Crippen LogP contribution is -2.51. The van der Waals surface area contributed by atoms with E-state index in [9.17, 15) is 4.79 Å². The summed E-state index contributed by atoms with van der Waals surface area (Å²) in [6, 6.07) is 12.9. The fraction of sp³-hybridized carbons (Fsp3) is 0.357. The van der Waals surface area contributed by atoms with E-state index in [-0.39, 0.29) is 11.3 Å². The van der Waals surface area contributed by atoms with E-state index in [1.807, 2.05) is 43.9 Å². The van der Waals surface area contributed by atoms with Crippen LogP contribution in [-0.4, -0.2) is 64.6 Å². The van der Waals surface area contributed by atoms with E-state index in [2.05, 4.69) is 44.1 Å². The zero-order valence-corrected chi connectivity index (χ0v) is 20.6. The minimum absolute atomic E-state index is 0.239. The standard InChI is InChI=1S/C28H31N5O2/c1-28(2,3)26(34)33-12-10-32(11-13-33)19-20-4-5-22-15-25(7-6-21(22)14-20)35-27-30-17-24(18-31-27)23-8-9-29-16-23/h4-9,14-15,17-18H,10-13,16,19H2,1-3H3. The molecule has 35 heavy (non-hydrogen) atoms. The summed E-state index contributed by atoms with van der Waals surface area (Å²) in [6.07, 6.45) is 7.32. The fourth-order valence-electron chi connectivity index (χ4n) is 4.45.